The minimum atomic E-state index is -1.17. The lowest BCUT2D eigenvalue weighted by Gasteiger charge is -2.43. The quantitative estimate of drug-likeness (QED) is 0.339. The van der Waals surface area contributed by atoms with Crippen LogP contribution in [0.1, 0.15) is 12.8 Å². The number of piperidine rings is 1. The number of piperazine rings is 1. The van der Waals surface area contributed by atoms with Gasteiger partial charge >= 0.3 is 6.09 Å². The van der Waals surface area contributed by atoms with Crippen molar-refractivity contribution in [2.45, 2.75) is 51.3 Å². The molecule has 3 aromatic rings. The molecule has 2 aliphatic heterocycles. The number of rotatable bonds is 8. The van der Waals surface area contributed by atoms with Crippen LogP contribution >= 0.6 is 0 Å². The van der Waals surface area contributed by atoms with Crippen LogP contribution in [0.3, 0.4) is 0 Å². The third-order valence-corrected chi connectivity index (χ3v) is 9.38. The first-order valence-electron chi connectivity index (χ1n) is 13.6. The van der Waals surface area contributed by atoms with Crippen LogP contribution in [0.4, 0.5) is 10.5 Å². The summed E-state index contributed by atoms with van der Waals surface area (Å²) in [7, 11) is -1.17. The molecule has 0 bridgehead atoms. The molecule has 1 unspecified atom stereocenters. The molecule has 204 valence electrons. The van der Waals surface area contributed by atoms with Gasteiger partial charge in [0.25, 0.3) is 0 Å². The van der Waals surface area contributed by atoms with E-state index >= 15 is 0 Å². The van der Waals surface area contributed by atoms with E-state index < -0.39 is 14.2 Å². The van der Waals surface area contributed by atoms with E-state index in [0.717, 1.165) is 73.8 Å². The molecule has 11 heteroatoms. The number of hydrogen-bond donors (Lipinski definition) is 1. The molecule has 5 heterocycles. The number of hydrogen-bond acceptors (Lipinski definition) is 7. The van der Waals surface area contributed by atoms with Gasteiger partial charge in [0, 0.05) is 102 Å². The van der Waals surface area contributed by atoms with Crippen LogP contribution < -0.4 is 4.90 Å². The summed E-state index contributed by atoms with van der Waals surface area (Å²) in [5.41, 5.74) is 4.11. The molecule has 10 nitrogen and oxygen atoms in total. The van der Waals surface area contributed by atoms with Crippen molar-refractivity contribution in [3.05, 3.63) is 37.2 Å². The number of anilines is 1. The van der Waals surface area contributed by atoms with Gasteiger partial charge in [-0.3, -0.25) is 4.90 Å². The van der Waals surface area contributed by atoms with E-state index in [1.54, 1.807) is 6.33 Å². The molecule has 2 fully saturated rings. The molecule has 3 aromatic heterocycles. The summed E-state index contributed by atoms with van der Waals surface area (Å²) in [6, 6.07) is 3.65. The molecular weight excluding hydrogens is 498 g/mol. The minimum absolute atomic E-state index is 0.401. The van der Waals surface area contributed by atoms with Crippen LogP contribution in [-0.4, -0.2) is 101 Å². The Balaban J connectivity index is 1.41. The van der Waals surface area contributed by atoms with Crippen molar-refractivity contribution in [1.29, 1.82) is 0 Å². The standard InChI is InChI=1S/C27H39N7O3Si/c1-38(2,3)14-13-37-20-34-18-23(21-15-28-19-29-16-21)25-24(6-7-30-26(25)34)33-8-4-5-22(17-33)31-9-11-32(12-10-31)27(35)36/h6-7,15-16,18-19,22H,4-5,8-14,17,20H2,1-3H3,(H,35,36). The fourth-order valence-electron chi connectivity index (χ4n) is 5.51. The van der Waals surface area contributed by atoms with Gasteiger partial charge in [0.1, 0.15) is 18.7 Å². The second kappa shape index (κ2) is 11.4. The maximum absolute atomic E-state index is 11.4. The highest BCUT2D eigenvalue weighted by Gasteiger charge is 2.30. The summed E-state index contributed by atoms with van der Waals surface area (Å²) in [6.07, 6.45) is 10.7. The number of fused-ring (bicyclic) bond motifs is 1. The molecule has 38 heavy (non-hydrogen) atoms. The van der Waals surface area contributed by atoms with E-state index in [9.17, 15) is 9.90 Å². The number of ether oxygens (including phenoxy) is 1. The van der Waals surface area contributed by atoms with Crippen molar-refractivity contribution in [2.75, 3.05) is 50.8 Å². The predicted molar refractivity (Wildman–Crippen MR) is 151 cm³/mol. The van der Waals surface area contributed by atoms with Gasteiger partial charge in [0.15, 0.2) is 0 Å². The van der Waals surface area contributed by atoms with E-state index in [4.69, 9.17) is 9.72 Å². The molecule has 0 aromatic carbocycles. The van der Waals surface area contributed by atoms with Crippen molar-refractivity contribution >= 4 is 30.9 Å². The highest BCUT2D eigenvalue weighted by molar-refractivity contribution is 6.76. The number of carbonyl (C=O) groups is 1. The van der Waals surface area contributed by atoms with Crippen LogP contribution in [0, 0.1) is 0 Å². The lowest BCUT2D eigenvalue weighted by atomic mass is 10.0. The number of nitrogens with zero attached hydrogens (tertiary/aromatic N) is 7. The normalized spacial score (nSPS) is 19.3. The lowest BCUT2D eigenvalue weighted by molar-refractivity contribution is 0.0802. The van der Waals surface area contributed by atoms with Gasteiger partial charge in [-0.05, 0) is 25.0 Å². The maximum Gasteiger partial charge on any atom is 0.407 e. The number of amides is 1. The van der Waals surface area contributed by atoms with E-state index in [-0.39, 0.29) is 0 Å². The predicted octanol–water partition coefficient (Wildman–Crippen LogP) is 4.07. The van der Waals surface area contributed by atoms with Crippen LogP contribution in [0.5, 0.6) is 0 Å². The average molecular weight is 538 g/mol. The summed E-state index contributed by atoms with van der Waals surface area (Å²) in [5.74, 6) is 0. The van der Waals surface area contributed by atoms with E-state index in [1.807, 2.05) is 18.6 Å². The maximum atomic E-state index is 11.4. The third-order valence-electron chi connectivity index (χ3n) is 7.67. The van der Waals surface area contributed by atoms with Crippen LogP contribution in [-0.2, 0) is 11.5 Å². The van der Waals surface area contributed by atoms with Crippen molar-refractivity contribution < 1.29 is 14.6 Å². The first kappa shape index (κ1) is 26.6. The summed E-state index contributed by atoms with van der Waals surface area (Å²) >= 11 is 0. The highest BCUT2D eigenvalue weighted by atomic mass is 28.3. The molecule has 0 aliphatic carbocycles. The smallest absolute Gasteiger partial charge is 0.407 e. The van der Waals surface area contributed by atoms with E-state index in [1.165, 1.54) is 10.6 Å². The molecule has 0 radical (unpaired) electrons. The zero-order chi connectivity index (χ0) is 26.7. The van der Waals surface area contributed by atoms with Crippen molar-refractivity contribution in [1.82, 2.24) is 29.3 Å². The Morgan fingerprint density at radius 3 is 2.61 bits per heavy atom. The average Bonchev–Trinajstić information content (AvgIpc) is 3.30. The Labute approximate surface area is 225 Å². The van der Waals surface area contributed by atoms with Crippen LogP contribution in [0.25, 0.3) is 22.2 Å². The molecule has 0 saturated carbocycles. The summed E-state index contributed by atoms with van der Waals surface area (Å²) in [4.78, 5) is 31.2. The number of carboxylic acid groups (broad SMARTS) is 1. The van der Waals surface area contributed by atoms with Gasteiger partial charge in [0.05, 0.1) is 5.39 Å². The fraction of sp³-hybridized carbons (Fsp3) is 0.556. The Hall–Kier alpha value is -3.02. The molecule has 0 spiro atoms. The van der Waals surface area contributed by atoms with E-state index in [2.05, 4.69) is 56.2 Å². The van der Waals surface area contributed by atoms with Gasteiger partial charge in [-0.15, -0.1) is 0 Å². The Morgan fingerprint density at radius 2 is 1.89 bits per heavy atom. The zero-order valence-electron chi connectivity index (χ0n) is 22.7. The van der Waals surface area contributed by atoms with Crippen LogP contribution in [0.2, 0.25) is 25.7 Å². The largest absolute Gasteiger partial charge is 0.465 e. The van der Waals surface area contributed by atoms with Crippen LogP contribution in [0.15, 0.2) is 37.2 Å². The second-order valence-corrected chi connectivity index (χ2v) is 17.2. The minimum Gasteiger partial charge on any atom is -0.465 e. The van der Waals surface area contributed by atoms with Crippen molar-refractivity contribution in [3.63, 3.8) is 0 Å². The van der Waals surface area contributed by atoms with Crippen molar-refractivity contribution in [3.8, 4) is 11.1 Å². The molecule has 1 N–H and O–H groups in total. The Kier molecular flexibility index (Phi) is 7.96. The summed E-state index contributed by atoms with van der Waals surface area (Å²) in [6.45, 7) is 12.9. The van der Waals surface area contributed by atoms with Gasteiger partial charge in [-0.2, -0.15) is 0 Å². The number of pyridine rings is 1. The molecule has 5 rings (SSSR count). The molecule has 2 saturated heterocycles. The van der Waals surface area contributed by atoms with Gasteiger partial charge in [-0.1, -0.05) is 19.6 Å². The molecular formula is C27H39N7O3Si. The SMILES string of the molecule is C[Si](C)(C)CCOCn1cc(-c2cncnc2)c2c(N3CCCC(N4CCN(C(=O)O)CC4)C3)ccnc21. The third kappa shape index (κ3) is 6.00. The first-order chi connectivity index (χ1) is 18.3. The molecule has 1 atom stereocenters. The monoisotopic (exact) mass is 537 g/mol. The van der Waals surface area contributed by atoms with Gasteiger partial charge in [-0.25, -0.2) is 19.7 Å². The topological polar surface area (TPSA) is 99.9 Å². The van der Waals surface area contributed by atoms with E-state index in [0.29, 0.717) is 25.9 Å². The highest BCUT2D eigenvalue weighted by Crippen LogP contribution is 2.37. The van der Waals surface area contributed by atoms with Gasteiger partial charge < -0.3 is 24.2 Å². The second-order valence-electron chi connectivity index (χ2n) is 11.6. The fourth-order valence-corrected chi connectivity index (χ4v) is 6.27. The van der Waals surface area contributed by atoms with Crippen molar-refractivity contribution in [2.24, 2.45) is 0 Å². The number of aromatic nitrogens is 4. The Bertz CT molecular complexity index is 1240. The lowest BCUT2D eigenvalue weighted by Crippen LogP contribution is -2.55. The summed E-state index contributed by atoms with van der Waals surface area (Å²) < 4.78 is 8.23. The summed E-state index contributed by atoms with van der Waals surface area (Å²) in [5, 5.41) is 10.4. The zero-order valence-corrected chi connectivity index (χ0v) is 23.7. The Morgan fingerprint density at radius 1 is 1.13 bits per heavy atom. The molecule has 2 aliphatic rings. The van der Waals surface area contributed by atoms with Gasteiger partial charge in [0.2, 0.25) is 0 Å². The first-order valence-corrected chi connectivity index (χ1v) is 17.3. The molecule has 1 amide bonds.